The molecule has 1 amide bonds. The Labute approximate surface area is 188 Å². The lowest BCUT2D eigenvalue weighted by Crippen LogP contribution is -2.36. The van der Waals surface area contributed by atoms with Crippen LogP contribution in [-0.4, -0.2) is 49.0 Å². The van der Waals surface area contributed by atoms with E-state index in [1.54, 1.807) is 0 Å². The maximum absolute atomic E-state index is 12.3. The van der Waals surface area contributed by atoms with Crippen LogP contribution in [-0.2, 0) is 9.53 Å². The molecule has 7 nitrogen and oxygen atoms in total. The summed E-state index contributed by atoms with van der Waals surface area (Å²) in [4.78, 5) is 14.5. The number of benzene rings is 2. The largest absolute Gasteiger partial charge is 0.483 e. The molecule has 1 aliphatic heterocycles. The van der Waals surface area contributed by atoms with Crippen molar-refractivity contribution in [1.29, 1.82) is 0 Å². The summed E-state index contributed by atoms with van der Waals surface area (Å²) in [5.41, 5.74) is 5.74. The molecule has 0 spiro atoms. The third kappa shape index (κ3) is 5.23. The Hall–Kier alpha value is -3.45. The van der Waals surface area contributed by atoms with E-state index in [0.29, 0.717) is 18.9 Å². The topological polar surface area (TPSA) is 76.6 Å². The number of aryl methyl sites for hydroxylation is 2. The minimum absolute atomic E-state index is 0.0417. The van der Waals surface area contributed by atoms with Gasteiger partial charge in [-0.2, -0.15) is 0 Å². The van der Waals surface area contributed by atoms with Crippen molar-refractivity contribution in [1.82, 2.24) is 10.2 Å². The van der Waals surface area contributed by atoms with Crippen molar-refractivity contribution >= 4 is 17.4 Å². The summed E-state index contributed by atoms with van der Waals surface area (Å²) >= 11 is 0. The number of aromatic nitrogens is 2. The van der Waals surface area contributed by atoms with Crippen molar-refractivity contribution in [3.8, 4) is 17.0 Å². The zero-order valence-electron chi connectivity index (χ0n) is 18.7. The van der Waals surface area contributed by atoms with Crippen LogP contribution in [0.25, 0.3) is 11.3 Å². The summed E-state index contributed by atoms with van der Waals surface area (Å²) in [6.45, 7) is 9.10. The standard InChI is InChI=1S/C25H28N4O3/c1-17-14-18(2)19(3)23(15-17)32-16-25(30)26-21-6-4-20(5-7-21)22-8-9-24(28-27-22)29-10-12-31-13-11-29/h4-9,14-15H,10-13,16H2,1-3H3,(H,26,30). The highest BCUT2D eigenvalue weighted by Gasteiger charge is 2.13. The van der Waals surface area contributed by atoms with Gasteiger partial charge in [-0.25, -0.2) is 0 Å². The lowest BCUT2D eigenvalue weighted by molar-refractivity contribution is -0.118. The predicted molar refractivity (Wildman–Crippen MR) is 125 cm³/mol. The van der Waals surface area contributed by atoms with E-state index in [0.717, 1.165) is 52.6 Å². The van der Waals surface area contributed by atoms with Gasteiger partial charge in [0.1, 0.15) is 5.75 Å². The molecule has 0 unspecified atom stereocenters. The van der Waals surface area contributed by atoms with Gasteiger partial charge in [0.25, 0.3) is 5.91 Å². The molecule has 1 aromatic heterocycles. The normalized spacial score (nSPS) is 13.7. The third-order valence-electron chi connectivity index (χ3n) is 5.57. The Morgan fingerprint density at radius 2 is 1.78 bits per heavy atom. The van der Waals surface area contributed by atoms with E-state index in [1.165, 1.54) is 0 Å². The number of ether oxygens (including phenoxy) is 2. The van der Waals surface area contributed by atoms with E-state index in [4.69, 9.17) is 9.47 Å². The molecular formula is C25H28N4O3. The molecule has 2 heterocycles. The van der Waals surface area contributed by atoms with Gasteiger partial charge in [-0.05, 0) is 67.8 Å². The molecule has 7 heteroatoms. The van der Waals surface area contributed by atoms with Crippen molar-refractivity contribution in [2.24, 2.45) is 0 Å². The highest BCUT2D eigenvalue weighted by Crippen LogP contribution is 2.24. The molecule has 1 aliphatic rings. The first-order valence-electron chi connectivity index (χ1n) is 10.8. The zero-order chi connectivity index (χ0) is 22.5. The predicted octanol–water partition coefficient (Wildman–Crippen LogP) is 3.92. The second-order valence-electron chi connectivity index (χ2n) is 8.00. The number of hydrogen-bond donors (Lipinski definition) is 1. The summed E-state index contributed by atoms with van der Waals surface area (Å²) in [5, 5.41) is 11.6. The summed E-state index contributed by atoms with van der Waals surface area (Å²) in [5.74, 6) is 1.40. The van der Waals surface area contributed by atoms with Crippen molar-refractivity contribution in [3.05, 3.63) is 65.2 Å². The molecule has 3 aromatic rings. The van der Waals surface area contributed by atoms with Gasteiger partial charge in [0.2, 0.25) is 0 Å². The number of carbonyl (C=O) groups is 1. The molecule has 0 saturated carbocycles. The molecule has 166 valence electrons. The Morgan fingerprint density at radius 3 is 2.47 bits per heavy atom. The smallest absolute Gasteiger partial charge is 0.262 e. The number of carbonyl (C=O) groups excluding carboxylic acids is 1. The van der Waals surface area contributed by atoms with Crippen LogP contribution in [0.3, 0.4) is 0 Å². The van der Waals surface area contributed by atoms with E-state index < -0.39 is 0 Å². The lowest BCUT2D eigenvalue weighted by atomic mass is 10.1. The second kappa shape index (κ2) is 9.78. The fourth-order valence-electron chi connectivity index (χ4n) is 3.66. The number of hydrogen-bond acceptors (Lipinski definition) is 6. The van der Waals surface area contributed by atoms with Gasteiger partial charge in [0, 0.05) is 24.3 Å². The summed E-state index contributed by atoms with van der Waals surface area (Å²) < 4.78 is 11.1. The van der Waals surface area contributed by atoms with Crippen LogP contribution in [0.5, 0.6) is 5.75 Å². The van der Waals surface area contributed by atoms with Gasteiger partial charge in [-0.15, -0.1) is 10.2 Å². The molecule has 0 aliphatic carbocycles. The monoisotopic (exact) mass is 432 g/mol. The molecule has 2 aromatic carbocycles. The summed E-state index contributed by atoms with van der Waals surface area (Å²) in [7, 11) is 0. The van der Waals surface area contributed by atoms with Crippen LogP contribution < -0.4 is 15.0 Å². The number of anilines is 2. The fourth-order valence-corrected chi connectivity index (χ4v) is 3.66. The van der Waals surface area contributed by atoms with E-state index in [1.807, 2.05) is 63.2 Å². The molecule has 4 rings (SSSR count). The highest BCUT2D eigenvalue weighted by atomic mass is 16.5. The van der Waals surface area contributed by atoms with E-state index in [9.17, 15) is 4.79 Å². The number of amides is 1. The third-order valence-corrected chi connectivity index (χ3v) is 5.57. The first kappa shape index (κ1) is 21.8. The second-order valence-corrected chi connectivity index (χ2v) is 8.00. The molecular weight excluding hydrogens is 404 g/mol. The summed E-state index contributed by atoms with van der Waals surface area (Å²) in [6.07, 6.45) is 0. The molecule has 0 radical (unpaired) electrons. The van der Waals surface area contributed by atoms with Crippen LogP contribution >= 0.6 is 0 Å². The van der Waals surface area contributed by atoms with Crippen molar-refractivity contribution in [2.45, 2.75) is 20.8 Å². The molecule has 1 N–H and O–H groups in total. The molecule has 1 fully saturated rings. The van der Waals surface area contributed by atoms with Gasteiger partial charge in [-0.3, -0.25) is 4.79 Å². The van der Waals surface area contributed by atoms with E-state index >= 15 is 0 Å². The van der Waals surface area contributed by atoms with Crippen LogP contribution in [0.1, 0.15) is 16.7 Å². The molecule has 1 saturated heterocycles. The van der Waals surface area contributed by atoms with Crippen LogP contribution in [0.2, 0.25) is 0 Å². The highest BCUT2D eigenvalue weighted by molar-refractivity contribution is 5.92. The van der Waals surface area contributed by atoms with Crippen molar-refractivity contribution in [3.63, 3.8) is 0 Å². The Kier molecular flexibility index (Phi) is 6.66. The van der Waals surface area contributed by atoms with Crippen LogP contribution in [0.15, 0.2) is 48.5 Å². The van der Waals surface area contributed by atoms with Crippen molar-refractivity contribution < 1.29 is 14.3 Å². The van der Waals surface area contributed by atoms with Crippen molar-refractivity contribution in [2.75, 3.05) is 43.1 Å². The number of rotatable bonds is 6. The average molecular weight is 433 g/mol. The molecule has 0 atom stereocenters. The Morgan fingerprint density at radius 1 is 1.03 bits per heavy atom. The Bertz CT molecular complexity index is 1080. The van der Waals surface area contributed by atoms with Crippen LogP contribution in [0, 0.1) is 20.8 Å². The minimum atomic E-state index is -0.203. The maximum atomic E-state index is 12.3. The first-order valence-corrected chi connectivity index (χ1v) is 10.8. The van der Waals surface area contributed by atoms with Gasteiger partial charge < -0.3 is 19.7 Å². The van der Waals surface area contributed by atoms with E-state index in [-0.39, 0.29) is 12.5 Å². The Balaban J connectivity index is 1.34. The quantitative estimate of drug-likeness (QED) is 0.636. The minimum Gasteiger partial charge on any atom is -0.483 e. The van der Waals surface area contributed by atoms with Gasteiger partial charge in [0.15, 0.2) is 12.4 Å². The zero-order valence-corrected chi connectivity index (χ0v) is 18.7. The van der Waals surface area contributed by atoms with Gasteiger partial charge >= 0.3 is 0 Å². The number of morpholine rings is 1. The fraction of sp³-hybridized carbons (Fsp3) is 0.320. The maximum Gasteiger partial charge on any atom is 0.262 e. The van der Waals surface area contributed by atoms with Gasteiger partial charge in [-0.1, -0.05) is 18.2 Å². The average Bonchev–Trinajstić information content (AvgIpc) is 2.82. The number of nitrogens with zero attached hydrogens (tertiary/aromatic N) is 3. The van der Waals surface area contributed by atoms with E-state index in [2.05, 4.69) is 26.5 Å². The molecule has 0 bridgehead atoms. The lowest BCUT2D eigenvalue weighted by Gasteiger charge is -2.27. The molecule has 32 heavy (non-hydrogen) atoms. The van der Waals surface area contributed by atoms with Gasteiger partial charge in [0.05, 0.1) is 18.9 Å². The summed E-state index contributed by atoms with van der Waals surface area (Å²) in [6, 6.07) is 15.5. The number of nitrogens with one attached hydrogen (secondary N) is 1. The first-order chi connectivity index (χ1) is 15.5. The SMILES string of the molecule is Cc1cc(C)c(C)c(OCC(=O)Nc2ccc(-c3ccc(N4CCOCC4)nn3)cc2)c1. The van der Waals surface area contributed by atoms with Crippen LogP contribution in [0.4, 0.5) is 11.5 Å².